The second-order valence-electron chi connectivity index (χ2n) is 8.49. The molecule has 0 aliphatic carbocycles. The largest absolute Gasteiger partial charge is 0.304 e. The molecule has 2 fully saturated rings. The zero-order chi connectivity index (χ0) is 23.5. The Bertz CT molecular complexity index is 236. The van der Waals surface area contributed by atoms with Gasteiger partial charge in [0.25, 0.3) is 14.1 Å². The molecule has 31 heavy (non-hydrogen) atoms. The molecule has 2 radical (unpaired) electrons. The molecule has 0 N–H and O–H groups in total. The van der Waals surface area contributed by atoms with Crippen molar-refractivity contribution < 1.29 is 0 Å². The van der Waals surface area contributed by atoms with Crippen LogP contribution in [0.3, 0.4) is 0 Å². The van der Waals surface area contributed by atoms with Crippen LogP contribution < -0.4 is 0 Å². The van der Waals surface area contributed by atoms with Gasteiger partial charge in [-0.05, 0) is 65.0 Å². The Morgan fingerprint density at radius 2 is 0.806 bits per heavy atom. The molecule has 0 aromatic carbocycles. The lowest BCUT2D eigenvalue weighted by Crippen LogP contribution is -2.29. The number of hydrogen-bond donors (Lipinski definition) is 0. The monoisotopic (exact) mass is 470 g/mol. The fraction of sp³-hybridized carbons (Fsp3) is 1.00. The van der Waals surface area contributed by atoms with Gasteiger partial charge in [0.15, 0.2) is 0 Å². The molecule has 2 rings (SSSR count). The molecule has 2 aliphatic heterocycles. The molecule has 0 saturated carbocycles. The normalized spacial score (nSPS) is 15.7. The van der Waals surface area contributed by atoms with Crippen LogP contribution in [0, 0.1) is 0 Å². The van der Waals surface area contributed by atoms with E-state index in [1.165, 1.54) is 112 Å². The van der Waals surface area contributed by atoms with Crippen LogP contribution in [-0.2, 0) is 0 Å². The molecule has 0 aromatic rings. The summed E-state index contributed by atoms with van der Waals surface area (Å²) >= 11 is 2.41. The summed E-state index contributed by atoms with van der Waals surface area (Å²) in [4.78, 5) is 5.03. The van der Waals surface area contributed by atoms with Gasteiger partial charge in [-0.15, -0.1) is 5.28 Å². The third-order valence-corrected chi connectivity index (χ3v) is 9.49. The number of likely N-dealkylation sites (tertiary alicyclic amines) is 2. The van der Waals surface area contributed by atoms with E-state index in [1.54, 1.807) is 0 Å². The lowest BCUT2D eigenvalue weighted by molar-refractivity contribution is 0.240. The molecule has 2 saturated heterocycles. The zero-order valence-electron chi connectivity index (χ0n) is 22.8. The SMILES string of the molecule is C.CCCC.CCN1CCCCC1.CCN1CCCCC1.C[CH2][Al].C[CH2][Al]([CH2]C)[CH2]C. The molecule has 0 bridgehead atoms. The van der Waals surface area contributed by atoms with Gasteiger partial charge in [-0.3, -0.25) is 0 Å². The van der Waals surface area contributed by atoms with E-state index < -0.39 is 0 Å². The molecule has 2 aliphatic rings. The van der Waals surface area contributed by atoms with E-state index in [4.69, 9.17) is 0 Å². The highest BCUT2D eigenvalue weighted by molar-refractivity contribution is 6.58. The minimum Gasteiger partial charge on any atom is -0.304 e. The lowest BCUT2D eigenvalue weighted by Gasteiger charge is -2.24. The molecule has 0 unspecified atom stereocenters. The highest BCUT2D eigenvalue weighted by atomic mass is 27.2. The Morgan fingerprint density at radius 3 is 0.903 bits per heavy atom. The third-order valence-electron chi connectivity index (χ3n) is 6.02. The number of unbranched alkanes of at least 4 members (excludes halogenated alkanes) is 1. The van der Waals surface area contributed by atoms with Gasteiger partial charge in [0.2, 0.25) is 0 Å². The van der Waals surface area contributed by atoms with Gasteiger partial charge in [0.1, 0.15) is 16.3 Å². The minimum atomic E-state index is -0.171. The Hall–Kier alpha value is 0.985. The summed E-state index contributed by atoms with van der Waals surface area (Å²) in [5.74, 6) is 0. The fourth-order valence-corrected chi connectivity index (χ4v) is 5.15. The topological polar surface area (TPSA) is 6.48 Å². The molecular weight excluding hydrogens is 406 g/mol. The average Bonchev–Trinajstić information content (AvgIpc) is 2.83. The fourth-order valence-electron chi connectivity index (χ4n) is 3.42. The highest BCUT2D eigenvalue weighted by Crippen LogP contribution is 2.07. The number of piperidine rings is 2. The van der Waals surface area contributed by atoms with Gasteiger partial charge in [0, 0.05) is 0 Å². The van der Waals surface area contributed by atoms with Crippen molar-refractivity contribution in [1.29, 1.82) is 0 Å². The lowest BCUT2D eigenvalue weighted by atomic mass is 10.1. The average molecular weight is 471 g/mol. The molecule has 0 atom stereocenters. The first-order valence-corrected chi connectivity index (χ1v) is 17.0. The predicted molar refractivity (Wildman–Crippen MR) is 153 cm³/mol. The van der Waals surface area contributed by atoms with Crippen molar-refractivity contribution >= 4 is 30.4 Å². The maximum absolute atomic E-state index is 2.58. The van der Waals surface area contributed by atoms with E-state index in [0.717, 1.165) is 0 Å². The van der Waals surface area contributed by atoms with Crippen LogP contribution in [0.5, 0.6) is 0 Å². The molecule has 0 spiro atoms. The second kappa shape index (κ2) is 35.6. The van der Waals surface area contributed by atoms with E-state index in [-0.39, 0.29) is 21.6 Å². The Labute approximate surface area is 214 Å². The van der Waals surface area contributed by atoms with Crippen LogP contribution >= 0.6 is 0 Å². The molecule has 4 heteroatoms. The molecule has 0 aromatic heterocycles. The summed E-state index contributed by atoms with van der Waals surface area (Å²) in [7, 11) is 0. The summed E-state index contributed by atoms with van der Waals surface area (Å²) in [5, 5.41) is 5.65. The van der Waals surface area contributed by atoms with Gasteiger partial charge in [-0.25, -0.2) is 0 Å². The standard InChI is InChI=1S/2C7H15N.C4H10.4C2H5.CH4.2Al/c2*1-2-8-6-4-3-5-7-8;1-3-4-2;4*1-2;;;/h2*2-7H2,1H3;3-4H2,1-2H3;4*1H2,2H3;1H4;;. The maximum Gasteiger partial charge on any atom is 0.261 e. The molecular formula is C27H64Al2N2. The van der Waals surface area contributed by atoms with Crippen LogP contribution in [0.2, 0.25) is 21.1 Å². The summed E-state index contributed by atoms with van der Waals surface area (Å²) in [6.07, 6.45) is 11.2. The van der Waals surface area contributed by atoms with E-state index in [9.17, 15) is 0 Å². The van der Waals surface area contributed by atoms with Gasteiger partial charge >= 0.3 is 0 Å². The second-order valence-corrected chi connectivity index (χ2v) is 13.5. The first kappa shape index (κ1) is 39.2. The zero-order valence-corrected chi connectivity index (χ0v) is 25.1. The van der Waals surface area contributed by atoms with Crippen molar-refractivity contribution in [3.8, 4) is 0 Å². The molecule has 188 valence electrons. The molecule has 0 amide bonds. The van der Waals surface area contributed by atoms with Gasteiger partial charge < -0.3 is 9.80 Å². The van der Waals surface area contributed by atoms with E-state index in [0.29, 0.717) is 0 Å². The van der Waals surface area contributed by atoms with Gasteiger partial charge in [0.05, 0.1) is 0 Å². The summed E-state index contributed by atoms with van der Waals surface area (Å²) in [6.45, 7) is 25.8. The van der Waals surface area contributed by atoms with Crippen LogP contribution in [0.15, 0.2) is 0 Å². The third kappa shape index (κ3) is 33.2. The van der Waals surface area contributed by atoms with E-state index >= 15 is 0 Å². The van der Waals surface area contributed by atoms with Crippen molar-refractivity contribution in [1.82, 2.24) is 9.80 Å². The Morgan fingerprint density at radius 1 is 0.548 bits per heavy atom. The Kier molecular flexibility index (Phi) is 45.0. The quantitative estimate of drug-likeness (QED) is 0.359. The van der Waals surface area contributed by atoms with Gasteiger partial charge in [-0.1, -0.05) is 104 Å². The van der Waals surface area contributed by atoms with Crippen LogP contribution in [0.1, 0.15) is 114 Å². The van der Waals surface area contributed by atoms with Gasteiger partial charge in [-0.2, -0.15) is 0 Å². The number of nitrogens with zero attached hydrogens (tertiary/aromatic N) is 2. The predicted octanol–water partition coefficient (Wildman–Crippen LogP) is 8.56. The van der Waals surface area contributed by atoms with Crippen LogP contribution in [0.4, 0.5) is 0 Å². The first-order chi connectivity index (χ1) is 14.5. The Balaban J connectivity index is -0.000000152. The van der Waals surface area contributed by atoms with Crippen molar-refractivity contribution in [2.24, 2.45) is 0 Å². The molecule has 2 nitrogen and oxygen atoms in total. The van der Waals surface area contributed by atoms with E-state index in [1.807, 2.05) is 0 Å². The van der Waals surface area contributed by atoms with Crippen LogP contribution in [-0.4, -0.2) is 79.5 Å². The van der Waals surface area contributed by atoms with E-state index in [2.05, 4.69) is 81.5 Å². The number of hydrogen-bond acceptors (Lipinski definition) is 2. The summed E-state index contributed by atoms with van der Waals surface area (Å²) in [5.41, 5.74) is 0. The van der Waals surface area contributed by atoms with Crippen molar-refractivity contribution in [2.75, 3.05) is 39.3 Å². The van der Waals surface area contributed by atoms with Crippen molar-refractivity contribution in [2.45, 2.75) is 135 Å². The minimum absolute atomic E-state index is 0. The van der Waals surface area contributed by atoms with Crippen molar-refractivity contribution in [3.63, 3.8) is 0 Å². The highest BCUT2D eigenvalue weighted by Gasteiger charge is 2.07. The van der Waals surface area contributed by atoms with Crippen molar-refractivity contribution in [3.05, 3.63) is 0 Å². The van der Waals surface area contributed by atoms with Crippen LogP contribution in [0.25, 0.3) is 0 Å². The molecule has 2 heterocycles. The first-order valence-electron chi connectivity index (χ1n) is 13.7. The summed E-state index contributed by atoms with van der Waals surface area (Å²) in [6, 6.07) is 0. The maximum atomic E-state index is 2.58. The number of rotatable bonds is 6. The summed E-state index contributed by atoms with van der Waals surface area (Å²) < 4.78 is 0. The smallest absolute Gasteiger partial charge is 0.261 e.